The molecule has 18 heavy (non-hydrogen) atoms. The van der Waals surface area contributed by atoms with Crippen molar-refractivity contribution >= 4 is 11.6 Å². The Morgan fingerprint density at radius 3 is 3.11 bits per heavy atom. The average molecular weight is 248 g/mol. The summed E-state index contributed by atoms with van der Waals surface area (Å²) in [5, 5.41) is 3.30. The van der Waals surface area contributed by atoms with Crippen LogP contribution < -0.4 is 15.0 Å². The maximum Gasteiger partial charge on any atom is 0.264 e. The highest BCUT2D eigenvalue weighted by atomic mass is 16.5. The number of fused-ring (bicyclic) bond motifs is 1. The van der Waals surface area contributed by atoms with Crippen LogP contribution in [-0.4, -0.2) is 39.3 Å². The molecule has 1 N–H and O–H groups in total. The van der Waals surface area contributed by atoms with Gasteiger partial charge in [0.1, 0.15) is 5.75 Å². The molecular formula is C13H16N2O3. The molecule has 96 valence electrons. The van der Waals surface area contributed by atoms with Crippen LogP contribution in [-0.2, 0) is 9.53 Å². The SMILES string of the molecule is CN1C(=O)COc2ccc(C3CNCCO3)cc21. The van der Waals surface area contributed by atoms with E-state index in [0.717, 1.165) is 30.1 Å². The molecule has 5 heteroatoms. The van der Waals surface area contributed by atoms with Crippen LogP contribution in [0.4, 0.5) is 5.69 Å². The molecule has 0 spiro atoms. The lowest BCUT2D eigenvalue weighted by atomic mass is 10.1. The van der Waals surface area contributed by atoms with Gasteiger partial charge in [-0.05, 0) is 17.7 Å². The molecule has 1 aromatic rings. The van der Waals surface area contributed by atoms with Gasteiger partial charge in [-0.25, -0.2) is 0 Å². The molecule has 1 aromatic carbocycles. The quantitative estimate of drug-likeness (QED) is 0.795. The van der Waals surface area contributed by atoms with E-state index in [-0.39, 0.29) is 18.6 Å². The molecule has 1 amide bonds. The van der Waals surface area contributed by atoms with Crippen molar-refractivity contribution in [3.05, 3.63) is 23.8 Å². The Hall–Kier alpha value is -1.59. The highest BCUT2D eigenvalue weighted by Crippen LogP contribution is 2.34. The van der Waals surface area contributed by atoms with Gasteiger partial charge in [-0.3, -0.25) is 4.79 Å². The first-order valence-corrected chi connectivity index (χ1v) is 6.11. The van der Waals surface area contributed by atoms with E-state index >= 15 is 0 Å². The van der Waals surface area contributed by atoms with Gasteiger partial charge in [0.25, 0.3) is 5.91 Å². The highest BCUT2D eigenvalue weighted by molar-refractivity contribution is 5.97. The first kappa shape index (κ1) is 11.5. The molecule has 5 nitrogen and oxygen atoms in total. The Kier molecular flexibility index (Phi) is 2.93. The summed E-state index contributed by atoms with van der Waals surface area (Å²) in [7, 11) is 1.77. The van der Waals surface area contributed by atoms with Crippen LogP contribution in [0.2, 0.25) is 0 Å². The lowest BCUT2D eigenvalue weighted by Crippen LogP contribution is -2.36. The molecule has 0 saturated carbocycles. The van der Waals surface area contributed by atoms with E-state index in [9.17, 15) is 4.79 Å². The minimum Gasteiger partial charge on any atom is -0.482 e. The van der Waals surface area contributed by atoms with Gasteiger partial charge in [0.05, 0.1) is 18.4 Å². The second-order valence-corrected chi connectivity index (χ2v) is 4.53. The molecule has 1 saturated heterocycles. The van der Waals surface area contributed by atoms with Gasteiger partial charge in [0.15, 0.2) is 6.61 Å². The van der Waals surface area contributed by atoms with Crippen molar-refractivity contribution < 1.29 is 14.3 Å². The largest absolute Gasteiger partial charge is 0.482 e. The van der Waals surface area contributed by atoms with Crippen molar-refractivity contribution in [1.29, 1.82) is 0 Å². The Morgan fingerprint density at radius 1 is 1.44 bits per heavy atom. The van der Waals surface area contributed by atoms with E-state index in [1.165, 1.54) is 0 Å². The van der Waals surface area contributed by atoms with Crippen molar-refractivity contribution in [3.8, 4) is 5.75 Å². The predicted octanol–water partition coefficient (Wildman–Crippen LogP) is 0.703. The zero-order valence-electron chi connectivity index (χ0n) is 10.3. The van der Waals surface area contributed by atoms with Crippen molar-refractivity contribution in [2.24, 2.45) is 0 Å². The summed E-state index contributed by atoms with van der Waals surface area (Å²) in [5.74, 6) is 0.729. The summed E-state index contributed by atoms with van der Waals surface area (Å²) in [6, 6.07) is 5.88. The molecule has 1 fully saturated rings. The van der Waals surface area contributed by atoms with Crippen molar-refractivity contribution in [2.75, 3.05) is 38.3 Å². The average Bonchev–Trinajstić information content (AvgIpc) is 2.44. The molecule has 3 rings (SSSR count). The lowest BCUT2D eigenvalue weighted by molar-refractivity contribution is -0.120. The van der Waals surface area contributed by atoms with E-state index in [0.29, 0.717) is 6.61 Å². The van der Waals surface area contributed by atoms with Crippen LogP contribution in [0.5, 0.6) is 5.75 Å². The number of rotatable bonds is 1. The molecule has 0 radical (unpaired) electrons. The number of nitrogens with zero attached hydrogens (tertiary/aromatic N) is 1. The number of benzene rings is 1. The Morgan fingerprint density at radius 2 is 2.33 bits per heavy atom. The third kappa shape index (κ3) is 1.95. The first-order valence-electron chi connectivity index (χ1n) is 6.11. The fraction of sp³-hybridized carbons (Fsp3) is 0.462. The molecule has 2 heterocycles. The number of ether oxygens (including phenoxy) is 2. The smallest absolute Gasteiger partial charge is 0.264 e. The van der Waals surface area contributed by atoms with Gasteiger partial charge in [0, 0.05) is 20.1 Å². The molecule has 1 unspecified atom stereocenters. The zero-order valence-corrected chi connectivity index (χ0v) is 10.3. The van der Waals surface area contributed by atoms with Crippen LogP contribution in [0.1, 0.15) is 11.7 Å². The maximum absolute atomic E-state index is 11.6. The van der Waals surface area contributed by atoms with Gasteiger partial charge in [0.2, 0.25) is 0 Å². The number of likely N-dealkylation sites (N-methyl/N-ethyl adjacent to an activating group) is 1. The van der Waals surface area contributed by atoms with Crippen molar-refractivity contribution in [3.63, 3.8) is 0 Å². The van der Waals surface area contributed by atoms with Gasteiger partial charge < -0.3 is 19.7 Å². The predicted molar refractivity (Wildman–Crippen MR) is 66.9 cm³/mol. The third-order valence-electron chi connectivity index (χ3n) is 3.37. The summed E-state index contributed by atoms with van der Waals surface area (Å²) in [6.45, 7) is 2.53. The molecule has 0 aromatic heterocycles. The molecular weight excluding hydrogens is 232 g/mol. The van der Waals surface area contributed by atoms with Crippen molar-refractivity contribution in [2.45, 2.75) is 6.10 Å². The van der Waals surface area contributed by atoms with E-state index in [1.807, 2.05) is 18.2 Å². The fourth-order valence-corrected chi connectivity index (χ4v) is 2.27. The van der Waals surface area contributed by atoms with E-state index in [4.69, 9.17) is 9.47 Å². The maximum atomic E-state index is 11.6. The molecule has 1 atom stereocenters. The lowest BCUT2D eigenvalue weighted by Gasteiger charge is -2.29. The second kappa shape index (κ2) is 4.59. The topological polar surface area (TPSA) is 50.8 Å². The summed E-state index contributed by atoms with van der Waals surface area (Å²) in [4.78, 5) is 13.2. The van der Waals surface area contributed by atoms with Crippen LogP contribution >= 0.6 is 0 Å². The standard InChI is InChI=1S/C13H16N2O3/c1-15-10-6-9(12-7-14-4-5-17-12)2-3-11(10)18-8-13(15)16/h2-3,6,12,14H,4-5,7-8H2,1H3. The Bertz CT molecular complexity index is 469. The van der Waals surface area contributed by atoms with E-state index < -0.39 is 0 Å². The number of morpholine rings is 1. The van der Waals surface area contributed by atoms with Crippen LogP contribution in [0.15, 0.2) is 18.2 Å². The number of anilines is 1. The second-order valence-electron chi connectivity index (χ2n) is 4.53. The molecule has 0 bridgehead atoms. The number of amides is 1. The zero-order chi connectivity index (χ0) is 12.5. The first-order chi connectivity index (χ1) is 8.75. The fourth-order valence-electron chi connectivity index (χ4n) is 2.27. The molecule has 2 aliphatic rings. The van der Waals surface area contributed by atoms with Crippen LogP contribution in [0.3, 0.4) is 0 Å². The summed E-state index contributed by atoms with van der Waals surface area (Å²) >= 11 is 0. The number of hydrogen-bond donors (Lipinski definition) is 1. The van der Waals surface area contributed by atoms with Gasteiger partial charge in [-0.1, -0.05) is 6.07 Å². The number of hydrogen-bond acceptors (Lipinski definition) is 4. The monoisotopic (exact) mass is 248 g/mol. The van der Waals surface area contributed by atoms with E-state index in [1.54, 1.807) is 11.9 Å². The summed E-state index contributed by atoms with van der Waals surface area (Å²) in [6.07, 6.45) is 0.0504. The van der Waals surface area contributed by atoms with Gasteiger partial charge in [-0.2, -0.15) is 0 Å². The van der Waals surface area contributed by atoms with E-state index in [2.05, 4.69) is 5.32 Å². The molecule has 2 aliphatic heterocycles. The normalized spacial score (nSPS) is 23.5. The molecule has 0 aliphatic carbocycles. The van der Waals surface area contributed by atoms with Crippen molar-refractivity contribution in [1.82, 2.24) is 5.32 Å². The Balaban J connectivity index is 1.91. The van der Waals surface area contributed by atoms with Gasteiger partial charge >= 0.3 is 0 Å². The number of carbonyl (C=O) groups is 1. The minimum absolute atomic E-state index is 0.0256. The summed E-state index contributed by atoms with van der Waals surface area (Å²) < 4.78 is 11.1. The minimum atomic E-state index is -0.0256. The number of nitrogens with one attached hydrogen (secondary N) is 1. The Labute approximate surface area is 106 Å². The summed E-state index contributed by atoms with van der Waals surface area (Å²) in [5.41, 5.74) is 1.89. The number of carbonyl (C=O) groups excluding carboxylic acids is 1. The highest BCUT2D eigenvalue weighted by Gasteiger charge is 2.24. The third-order valence-corrected chi connectivity index (χ3v) is 3.37. The van der Waals surface area contributed by atoms with Crippen LogP contribution in [0, 0.1) is 0 Å². The van der Waals surface area contributed by atoms with Crippen LogP contribution in [0.25, 0.3) is 0 Å². The van der Waals surface area contributed by atoms with Gasteiger partial charge in [-0.15, -0.1) is 0 Å².